The van der Waals surface area contributed by atoms with Crippen molar-refractivity contribution in [3.63, 3.8) is 0 Å². The van der Waals surface area contributed by atoms with Crippen molar-refractivity contribution >= 4 is 11.6 Å². The van der Waals surface area contributed by atoms with Crippen LogP contribution < -0.4 is 10.6 Å². The summed E-state index contributed by atoms with van der Waals surface area (Å²) in [6.07, 6.45) is 0.723. The molecule has 2 N–H and O–H groups in total. The van der Waals surface area contributed by atoms with Gasteiger partial charge in [0, 0.05) is 12.2 Å². The molecule has 0 saturated carbocycles. The summed E-state index contributed by atoms with van der Waals surface area (Å²) >= 11 is 0. The van der Waals surface area contributed by atoms with Gasteiger partial charge in [-0.05, 0) is 38.3 Å². The first kappa shape index (κ1) is 14.7. The van der Waals surface area contributed by atoms with Gasteiger partial charge in [-0.1, -0.05) is 31.5 Å². The van der Waals surface area contributed by atoms with Gasteiger partial charge in [-0.25, -0.2) is 0 Å². The van der Waals surface area contributed by atoms with Crippen LogP contribution in [0.25, 0.3) is 0 Å². The van der Waals surface area contributed by atoms with Gasteiger partial charge < -0.3 is 10.6 Å². The van der Waals surface area contributed by atoms with Crippen molar-refractivity contribution in [3.05, 3.63) is 29.8 Å². The fourth-order valence-electron chi connectivity index (χ4n) is 2.00. The Hall–Kier alpha value is -1.35. The number of carbonyl (C=O) groups excluding carboxylic acids is 1. The number of aryl methyl sites for hydroxylation is 1. The fourth-order valence-corrected chi connectivity index (χ4v) is 2.00. The lowest BCUT2D eigenvalue weighted by Gasteiger charge is -2.25. The second-order valence-corrected chi connectivity index (χ2v) is 5.15. The molecule has 0 aromatic heterocycles. The molecule has 0 spiro atoms. The summed E-state index contributed by atoms with van der Waals surface area (Å²) in [5, 5.41) is 0. The largest absolute Gasteiger partial charge is 0.320 e. The number of nitrogens with two attached hydrogens (primary N) is 1. The number of nitrogens with zero attached hydrogens (tertiary/aromatic N) is 1. The predicted octanol–water partition coefficient (Wildman–Crippen LogP) is 2.72. The third kappa shape index (κ3) is 3.84. The summed E-state index contributed by atoms with van der Waals surface area (Å²) < 4.78 is 0. The van der Waals surface area contributed by atoms with E-state index in [4.69, 9.17) is 5.73 Å². The Bertz CT molecular complexity index is 384. The highest BCUT2D eigenvalue weighted by molar-refractivity contribution is 5.97. The SMILES string of the molecule is CCN(C(=O)[C@H](N)CC(C)C)c1ccc(C)cc1. The maximum atomic E-state index is 12.3. The molecular weight excluding hydrogens is 224 g/mol. The van der Waals surface area contributed by atoms with E-state index in [0.29, 0.717) is 12.5 Å². The Morgan fingerprint density at radius 3 is 2.28 bits per heavy atom. The van der Waals surface area contributed by atoms with E-state index in [0.717, 1.165) is 12.1 Å². The Kier molecular flexibility index (Phi) is 5.35. The van der Waals surface area contributed by atoms with E-state index in [2.05, 4.69) is 13.8 Å². The molecule has 0 bridgehead atoms. The second-order valence-electron chi connectivity index (χ2n) is 5.15. The molecule has 0 aliphatic carbocycles. The van der Waals surface area contributed by atoms with Gasteiger partial charge in [0.05, 0.1) is 6.04 Å². The molecular formula is C15H24N2O. The van der Waals surface area contributed by atoms with Crippen molar-refractivity contribution < 1.29 is 4.79 Å². The molecule has 0 fully saturated rings. The van der Waals surface area contributed by atoms with E-state index < -0.39 is 6.04 Å². The van der Waals surface area contributed by atoms with Crippen LogP contribution in [0.3, 0.4) is 0 Å². The average Bonchev–Trinajstić information content (AvgIpc) is 2.31. The molecule has 100 valence electrons. The zero-order valence-electron chi connectivity index (χ0n) is 11.8. The maximum Gasteiger partial charge on any atom is 0.243 e. The molecule has 0 aliphatic rings. The highest BCUT2D eigenvalue weighted by atomic mass is 16.2. The van der Waals surface area contributed by atoms with Gasteiger partial charge >= 0.3 is 0 Å². The summed E-state index contributed by atoms with van der Waals surface area (Å²) in [5.41, 5.74) is 8.08. The Morgan fingerprint density at radius 1 is 1.28 bits per heavy atom. The monoisotopic (exact) mass is 248 g/mol. The van der Waals surface area contributed by atoms with Crippen LogP contribution >= 0.6 is 0 Å². The Labute approximate surface area is 110 Å². The number of amides is 1. The summed E-state index contributed by atoms with van der Waals surface area (Å²) in [6, 6.07) is 7.56. The summed E-state index contributed by atoms with van der Waals surface area (Å²) in [5.74, 6) is 0.440. The molecule has 0 heterocycles. The fraction of sp³-hybridized carbons (Fsp3) is 0.533. The molecule has 0 radical (unpaired) electrons. The molecule has 3 nitrogen and oxygen atoms in total. The third-order valence-corrected chi connectivity index (χ3v) is 2.97. The molecule has 1 aromatic rings. The van der Waals surface area contributed by atoms with Gasteiger partial charge in [-0.3, -0.25) is 4.79 Å². The van der Waals surface area contributed by atoms with Gasteiger partial charge in [0.2, 0.25) is 5.91 Å². The van der Waals surface area contributed by atoms with Crippen LogP contribution in [0.5, 0.6) is 0 Å². The van der Waals surface area contributed by atoms with Crippen LogP contribution in [0.2, 0.25) is 0 Å². The first-order valence-electron chi connectivity index (χ1n) is 6.59. The summed E-state index contributed by atoms with van der Waals surface area (Å²) in [4.78, 5) is 14.1. The van der Waals surface area contributed by atoms with Crippen LogP contribution in [0, 0.1) is 12.8 Å². The van der Waals surface area contributed by atoms with Crippen LogP contribution in [0.1, 0.15) is 32.8 Å². The maximum absolute atomic E-state index is 12.3. The molecule has 3 heteroatoms. The number of hydrogen-bond acceptors (Lipinski definition) is 2. The quantitative estimate of drug-likeness (QED) is 0.871. The smallest absolute Gasteiger partial charge is 0.243 e. The van der Waals surface area contributed by atoms with Crippen molar-refractivity contribution in [1.82, 2.24) is 0 Å². The molecule has 0 saturated heterocycles. The van der Waals surface area contributed by atoms with Crippen LogP contribution in [-0.4, -0.2) is 18.5 Å². The minimum Gasteiger partial charge on any atom is -0.320 e. The number of carbonyl (C=O) groups is 1. The number of rotatable bonds is 5. The molecule has 1 rings (SSSR count). The Balaban J connectivity index is 2.82. The molecule has 1 atom stereocenters. The lowest BCUT2D eigenvalue weighted by Crippen LogP contribution is -2.44. The van der Waals surface area contributed by atoms with Gasteiger partial charge in [-0.2, -0.15) is 0 Å². The molecule has 18 heavy (non-hydrogen) atoms. The Morgan fingerprint density at radius 2 is 1.83 bits per heavy atom. The van der Waals surface area contributed by atoms with Gasteiger partial charge in [0.25, 0.3) is 0 Å². The van der Waals surface area contributed by atoms with E-state index >= 15 is 0 Å². The van der Waals surface area contributed by atoms with E-state index in [9.17, 15) is 4.79 Å². The zero-order valence-corrected chi connectivity index (χ0v) is 11.8. The topological polar surface area (TPSA) is 46.3 Å². The lowest BCUT2D eigenvalue weighted by molar-refractivity contribution is -0.120. The zero-order chi connectivity index (χ0) is 13.7. The number of anilines is 1. The second kappa shape index (κ2) is 6.55. The van der Waals surface area contributed by atoms with Gasteiger partial charge in [0.1, 0.15) is 0 Å². The normalized spacial score (nSPS) is 12.6. The number of benzene rings is 1. The first-order chi connectivity index (χ1) is 8.45. The molecule has 0 aliphatic heterocycles. The van der Waals surface area contributed by atoms with Crippen molar-refractivity contribution in [2.24, 2.45) is 11.7 Å². The lowest BCUT2D eigenvalue weighted by atomic mass is 10.0. The molecule has 1 aromatic carbocycles. The van der Waals surface area contributed by atoms with Crippen molar-refractivity contribution in [2.45, 2.75) is 40.2 Å². The van der Waals surface area contributed by atoms with E-state index in [-0.39, 0.29) is 5.91 Å². The predicted molar refractivity (Wildman–Crippen MR) is 76.6 cm³/mol. The van der Waals surface area contributed by atoms with Crippen molar-refractivity contribution in [2.75, 3.05) is 11.4 Å². The minimum absolute atomic E-state index is 0.00931. The summed E-state index contributed by atoms with van der Waals surface area (Å²) in [6.45, 7) is 8.81. The van der Waals surface area contributed by atoms with Gasteiger partial charge in [0.15, 0.2) is 0 Å². The highest BCUT2D eigenvalue weighted by Gasteiger charge is 2.21. The third-order valence-electron chi connectivity index (χ3n) is 2.97. The number of hydrogen-bond donors (Lipinski definition) is 1. The first-order valence-corrected chi connectivity index (χ1v) is 6.59. The van der Waals surface area contributed by atoms with Gasteiger partial charge in [-0.15, -0.1) is 0 Å². The minimum atomic E-state index is -0.411. The highest BCUT2D eigenvalue weighted by Crippen LogP contribution is 2.17. The average molecular weight is 248 g/mol. The van der Waals surface area contributed by atoms with Crippen LogP contribution in [-0.2, 0) is 4.79 Å². The van der Waals surface area contributed by atoms with Crippen LogP contribution in [0.15, 0.2) is 24.3 Å². The van der Waals surface area contributed by atoms with E-state index in [1.54, 1.807) is 4.90 Å². The molecule has 1 amide bonds. The standard InChI is InChI=1S/C15H24N2O/c1-5-17(13-8-6-12(4)7-9-13)15(18)14(16)10-11(2)3/h6-9,11,14H,5,10,16H2,1-4H3/t14-/m1/s1. The van der Waals surface area contributed by atoms with Crippen LogP contribution in [0.4, 0.5) is 5.69 Å². The van der Waals surface area contributed by atoms with Crippen molar-refractivity contribution in [1.29, 1.82) is 0 Å². The van der Waals surface area contributed by atoms with Crippen molar-refractivity contribution in [3.8, 4) is 0 Å². The number of likely N-dealkylation sites (N-methyl/N-ethyl adjacent to an activating group) is 1. The molecule has 0 unspecified atom stereocenters. The van der Waals surface area contributed by atoms with E-state index in [1.165, 1.54) is 5.56 Å². The van der Waals surface area contributed by atoms with E-state index in [1.807, 2.05) is 38.1 Å². The summed E-state index contributed by atoms with van der Waals surface area (Å²) in [7, 11) is 0.